The van der Waals surface area contributed by atoms with Crippen molar-refractivity contribution >= 4 is 17.4 Å². The quantitative estimate of drug-likeness (QED) is 0.841. The van der Waals surface area contributed by atoms with Crippen molar-refractivity contribution in [2.75, 3.05) is 5.32 Å². The first-order valence-electron chi connectivity index (χ1n) is 9.22. The summed E-state index contributed by atoms with van der Waals surface area (Å²) in [6.07, 6.45) is 9.29. The molecule has 1 amide bonds. The summed E-state index contributed by atoms with van der Waals surface area (Å²) in [7, 11) is 0. The van der Waals surface area contributed by atoms with Gasteiger partial charge in [-0.15, -0.1) is 0 Å². The van der Waals surface area contributed by atoms with Gasteiger partial charge in [0.25, 0.3) is 0 Å². The number of H-pyrrole nitrogens is 1. The summed E-state index contributed by atoms with van der Waals surface area (Å²) in [4.78, 5) is 17.2. The Balaban J connectivity index is 1.46. The minimum absolute atomic E-state index is 0.131. The Morgan fingerprint density at radius 1 is 1.38 bits per heavy atom. The Bertz CT molecular complexity index is 857. The summed E-state index contributed by atoms with van der Waals surface area (Å²) in [5.41, 5.74) is 3.26. The average Bonchev–Trinajstić information content (AvgIpc) is 3.24. The number of aromatic amines is 1. The van der Waals surface area contributed by atoms with E-state index >= 15 is 0 Å². The summed E-state index contributed by atoms with van der Waals surface area (Å²) in [6, 6.07) is 1.91. The van der Waals surface area contributed by atoms with Crippen LogP contribution in [-0.4, -0.2) is 21.8 Å². The van der Waals surface area contributed by atoms with Gasteiger partial charge in [-0.2, -0.15) is 5.10 Å². The van der Waals surface area contributed by atoms with Crippen LogP contribution in [0.5, 0.6) is 0 Å². The second-order valence-corrected chi connectivity index (χ2v) is 7.39. The highest BCUT2D eigenvalue weighted by Crippen LogP contribution is 2.39. The normalized spacial score (nSPS) is 23.7. The largest absolute Gasteiger partial charge is 0.309 e. The van der Waals surface area contributed by atoms with E-state index < -0.39 is 0 Å². The lowest BCUT2D eigenvalue weighted by molar-refractivity contribution is -0.118. The number of amides is 1. The van der Waals surface area contributed by atoms with Gasteiger partial charge in [-0.3, -0.25) is 14.9 Å². The molecule has 6 heteroatoms. The number of hydrogen-bond donors (Lipinski definition) is 2. The topological polar surface area (TPSA) is 70.1 Å². The van der Waals surface area contributed by atoms with Crippen LogP contribution in [0.3, 0.4) is 0 Å². The first-order valence-corrected chi connectivity index (χ1v) is 9.22. The molecule has 0 radical (unpaired) electrons. The van der Waals surface area contributed by atoms with Gasteiger partial charge >= 0.3 is 0 Å². The summed E-state index contributed by atoms with van der Waals surface area (Å²) in [5.74, 6) is 0.566. The summed E-state index contributed by atoms with van der Waals surface area (Å²) in [5, 5.41) is 10.0. The van der Waals surface area contributed by atoms with Crippen molar-refractivity contribution in [2.45, 2.75) is 45.4 Å². The lowest BCUT2D eigenvalue weighted by Gasteiger charge is -2.11. The fourth-order valence-corrected chi connectivity index (χ4v) is 3.39. The molecule has 0 spiro atoms. The van der Waals surface area contributed by atoms with Gasteiger partial charge in [0.1, 0.15) is 5.83 Å². The van der Waals surface area contributed by atoms with Crippen molar-refractivity contribution in [3.8, 4) is 0 Å². The van der Waals surface area contributed by atoms with Crippen molar-refractivity contribution < 1.29 is 9.18 Å². The molecule has 1 unspecified atom stereocenters. The molecule has 2 atom stereocenters. The molecule has 0 bridgehead atoms. The number of carbonyl (C=O) groups excluding carboxylic acids is 1. The molecule has 2 N–H and O–H groups in total. The Morgan fingerprint density at radius 3 is 2.96 bits per heavy atom. The van der Waals surface area contributed by atoms with Crippen molar-refractivity contribution in [2.24, 2.45) is 16.8 Å². The monoisotopic (exact) mass is 354 g/mol. The third kappa shape index (κ3) is 3.41. The van der Waals surface area contributed by atoms with E-state index in [1.54, 1.807) is 19.1 Å². The molecule has 4 rings (SSSR count). The number of fused-ring (bicyclic) bond motifs is 1. The lowest BCUT2D eigenvalue weighted by Crippen LogP contribution is -2.21. The van der Waals surface area contributed by atoms with Crippen LogP contribution in [0, 0.1) is 11.8 Å². The van der Waals surface area contributed by atoms with Crippen LogP contribution in [0.4, 0.5) is 10.2 Å². The zero-order valence-electron chi connectivity index (χ0n) is 15.1. The molecule has 0 saturated heterocycles. The Morgan fingerprint density at radius 2 is 2.19 bits per heavy atom. The number of rotatable bonds is 4. The highest BCUT2D eigenvalue weighted by Gasteiger charge is 2.28. The van der Waals surface area contributed by atoms with E-state index in [1.807, 2.05) is 19.1 Å². The van der Waals surface area contributed by atoms with Crippen LogP contribution in [0.25, 0.3) is 0 Å². The number of nitrogens with zero attached hydrogens (tertiary/aromatic N) is 2. The van der Waals surface area contributed by atoms with Gasteiger partial charge in [-0.25, -0.2) is 4.39 Å². The van der Waals surface area contributed by atoms with Gasteiger partial charge in [0.2, 0.25) is 5.91 Å². The second kappa shape index (κ2) is 6.67. The molecule has 1 aromatic heterocycles. The predicted molar refractivity (Wildman–Crippen MR) is 99.5 cm³/mol. The first kappa shape index (κ1) is 16.9. The maximum Gasteiger partial charge on any atom is 0.234 e. The SMILES string of the molecule is CC1=CC2=NC([C@@H](C)C(=O)Nc3cc(C4CC4)[nH]n3)=CC2CCC=C1F. The first-order chi connectivity index (χ1) is 12.5. The molecule has 136 valence electrons. The van der Waals surface area contributed by atoms with Crippen LogP contribution in [0.2, 0.25) is 0 Å². The van der Waals surface area contributed by atoms with E-state index in [0.29, 0.717) is 23.7 Å². The minimum Gasteiger partial charge on any atom is -0.309 e. The fraction of sp³-hybridized carbons (Fsp3) is 0.450. The number of nitrogens with one attached hydrogen (secondary N) is 2. The number of anilines is 1. The molecule has 1 aromatic rings. The highest BCUT2D eigenvalue weighted by atomic mass is 19.1. The van der Waals surface area contributed by atoms with Crippen LogP contribution < -0.4 is 5.32 Å². The Hall–Kier alpha value is -2.50. The Labute approximate surface area is 152 Å². The number of hydrogen-bond acceptors (Lipinski definition) is 3. The highest BCUT2D eigenvalue weighted by molar-refractivity contribution is 6.02. The number of halogens is 1. The number of carbonyl (C=O) groups is 1. The fourth-order valence-electron chi connectivity index (χ4n) is 3.39. The van der Waals surface area contributed by atoms with Crippen molar-refractivity contribution in [3.05, 3.63) is 47.1 Å². The van der Waals surface area contributed by atoms with Crippen molar-refractivity contribution in [1.29, 1.82) is 0 Å². The summed E-state index contributed by atoms with van der Waals surface area (Å²) in [6.45, 7) is 3.59. The van der Waals surface area contributed by atoms with Crippen molar-refractivity contribution in [1.82, 2.24) is 10.2 Å². The summed E-state index contributed by atoms with van der Waals surface area (Å²) < 4.78 is 13.8. The molecule has 3 aliphatic rings. The standard InChI is InChI=1S/C20H23FN4O/c1-11-8-17-14(4-3-5-15(11)21)9-16(22-17)12(2)20(26)23-19-10-18(24-25-19)13-6-7-13/h5,8-10,12-14H,3-4,6-7H2,1-2H3,(H2,23,24,25,26)/t12-,14?/m1/s1. The number of aliphatic imine (C=N–C) groups is 1. The summed E-state index contributed by atoms with van der Waals surface area (Å²) >= 11 is 0. The van der Waals surface area contributed by atoms with Gasteiger partial charge in [0, 0.05) is 35.0 Å². The van der Waals surface area contributed by atoms with Gasteiger partial charge in [-0.05, 0) is 57.3 Å². The van der Waals surface area contributed by atoms with Crippen LogP contribution in [0.1, 0.15) is 51.1 Å². The average molecular weight is 354 g/mol. The molecule has 1 fully saturated rings. The number of allylic oxidation sites excluding steroid dienone is 5. The molecule has 26 heavy (non-hydrogen) atoms. The molecule has 0 aromatic carbocycles. The number of aromatic nitrogens is 2. The predicted octanol–water partition coefficient (Wildman–Crippen LogP) is 4.41. The zero-order valence-corrected chi connectivity index (χ0v) is 15.1. The van der Waals surface area contributed by atoms with E-state index in [0.717, 1.165) is 23.5 Å². The molecule has 2 heterocycles. The second-order valence-electron chi connectivity index (χ2n) is 7.39. The van der Waals surface area contributed by atoms with Crippen molar-refractivity contribution in [3.63, 3.8) is 0 Å². The van der Waals surface area contributed by atoms with Gasteiger partial charge < -0.3 is 5.32 Å². The van der Waals surface area contributed by atoms with Gasteiger partial charge in [0.15, 0.2) is 5.82 Å². The van der Waals surface area contributed by atoms with E-state index in [-0.39, 0.29) is 23.6 Å². The Kier molecular flexibility index (Phi) is 4.34. The molecule has 2 aliphatic carbocycles. The molecular formula is C20H23FN4O. The lowest BCUT2D eigenvalue weighted by atomic mass is 9.93. The maximum absolute atomic E-state index is 13.8. The van der Waals surface area contributed by atoms with Crippen LogP contribution >= 0.6 is 0 Å². The minimum atomic E-state index is -0.386. The smallest absolute Gasteiger partial charge is 0.234 e. The van der Waals surface area contributed by atoms with Crippen LogP contribution in [-0.2, 0) is 4.79 Å². The maximum atomic E-state index is 13.8. The van der Waals surface area contributed by atoms with Gasteiger partial charge in [-0.1, -0.05) is 6.08 Å². The third-order valence-electron chi connectivity index (χ3n) is 5.26. The molecular weight excluding hydrogens is 331 g/mol. The van der Waals surface area contributed by atoms with E-state index in [9.17, 15) is 9.18 Å². The van der Waals surface area contributed by atoms with E-state index in [1.165, 1.54) is 12.8 Å². The van der Waals surface area contributed by atoms with E-state index in [2.05, 4.69) is 20.5 Å². The van der Waals surface area contributed by atoms with Gasteiger partial charge in [0.05, 0.1) is 5.92 Å². The zero-order chi connectivity index (χ0) is 18.3. The molecule has 1 aliphatic heterocycles. The van der Waals surface area contributed by atoms with Crippen LogP contribution in [0.15, 0.2) is 46.4 Å². The molecule has 5 nitrogen and oxygen atoms in total. The van der Waals surface area contributed by atoms with E-state index in [4.69, 9.17) is 0 Å². The molecule has 1 saturated carbocycles. The third-order valence-corrected chi connectivity index (χ3v) is 5.26.